The molecular weight excluding hydrogens is 292 g/mol. The lowest BCUT2D eigenvalue weighted by atomic mass is 9.99. The molecule has 0 aliphatic heterocycles. The summed E-state index contributed by atoms with van der Waals surface area (Å²) < 4.78 is 1.32. The van der Waals surface area contributed by atoms with Gasteiger partial charge < -0.3 is 4.90 Å². The van der Waals surface area contributed by atoms with E-state index < -0.39 is 0 Å². The summed E-state index contributed by atoms with van der Waals surface area (Å²) in [5.41, 5.74) is 4.88. The fourth-order valence-corrected chi connectivity index (χ4v) is 2.87. The van der Waals surface area contributed by atoms with Gasteiger partial charge in [-0.25, -0.2) is 14.8 Å². The van der Waals surface area contributed by atoms with Crippen LogP contribution in [0.2, 0.25) is 0 Å². The molecule has 120 valence electrons. The maximum atomic E-state index is 12.1. The van der Waals surface area contributed by atoms with E-state index in [1.54, 1.807) is 6.92 Å². The number of anilines is 1. The van der Waals surface area contributed by atoms with Gasteiger partial charge in [0.15, 0.2) is 5.65 Å². The van der Waals surface area contributed by atoms with Gasteiger partial charge in [0.1, 0.15) is 11.6 Å². The minimum absolute atomic E-state index is 0.282. The molecule has 3 aromatic heterocycles. The van der Waals surface area contributed by atoms with Gasteiger partial charge in [0, 0.05) is 25.4 Å². The van der Waals surface area contributed by atoms with Crippen LogP contribution in [0.3, 0.4) is 0 Å². The molecule has 3 heterocycles. The molecule has 0 atom stereocenters. The first-order valence-electron chi connectivity index (χ1n) is 7.41. The molecule has 7 heteroatoms. The summed E-state index contributed by atoms with van der Waals surface area (Å²) in [6, 6.07) is 2.03. The molecule has 3 aromatic rings. The summed E-state index contributed by atoms with van der Waals surface area (Å²) in [5, 5.41) is 4.34. The molecule has 1 N–H and O–H groups in total. The number of pyridine rings is 1. The number of fused-ring (bicyclic) bond motifs is 1. The molecule has 0 bridgehead atoms. The number of aromatic nitrogens is 5. The van der Waals surface area contributed by atoms with Crippen LogP contribution in [0, 0.1) is 27.7 Å². The number of aromatic amines is 1. The highest BCUT2D eigenvalue weighted by Gasteiger charge is 2.20. The van der Waals surface area contributed by atoms with Crippen LogP contribution in [0.5, 0.6) is 0 Å². The quantitative estimate of drug-likeness (QED) is 0.780. The maximum absolute atomic E-state index is 12.1. The second kappa shape index (κ2) is 5.19. The summed E-state index contributed by atoms with van der Waals surface area (Å²) in [4.78, 5) is 25.9. The van der Waals surface area contributed by atoms with Gasteiger partial charge in [-0.05, 0) is 39.3 Å². The zero-order valence-electron chi connectivity index (χ0n) is 14.2. The first-order valence-corrected chi connectivity index (χ1v) is 7.41. The van der Waals surface area contributed by atoms with Gasteiger partial charge in [-0.2, -0.15) is 9.61 Å². The van der Waals surface area contributed by atoms with Crippen LogP contribution in [0.4, 0.5) is 5.82 Å². The molecule has 7 nitrogen and oxygen atoms in total. The Bertz CT molecular complexity index is 944. The van der Waals surface area contributed by atoms with Crippen LogP contribution in [0.15, 0.2) is 10.9 Å². The Morgan fingerprint density at radius 2 is 1.74 bits per heavy atom. The average Bonchev–Trinajstić information content (AvgIpc) is 2.75. The highest BCUT2D eigenvalue weighted by Crippen LogP contribution is 2.33. The number of hydrogen-bond acceptors (Lipinski definition) is 5. The predicted molar refractivity (Wildman–Crippen MR) is 90.1 cm³/mol. The number of nitrogens with one attached hydrogen (secondary N) is 1. The second-order valence-electron chi connectivity index (χ2n) is 5.98. The Balaban J connectivity index is 2.38. The zero-order chi connectivity index (χ0) is 16.9. The molecule has 0 unspecified atom stereocenters. The average molecular weight is 312 g/mol. The SMILES string of the molecule is Cc1nc2c(-c3c(C)cc(N(C)C)nc3C)c(C)nn2c(=O)[nH]1. The van der Waals surface area contributed by atoms with E-state index in [9.17, 15) is 4.79 Å². The van der Waals surface area contributed by atoms with Crippen molar-refractivity contribution in [2.45, 2.75) is 27.7 Å². The maximum Gasteiger partial charge on any atom is 0.349 e. The van der Waals surface area contributed by atoms with Crippen molar-refractivity contribution in [3.8, 4) is 11.1 Å². The van der Waals surface area contributed by atoms with Crippen LogP contribution in [-0.2, 0) is 0 Å². The number of H-pyrrole nitrogens is 1. The fourth-order valence-electron chi connectivity index (χ4n) is 2.87. The monoisotopic (exact) mass is 312 g/mol. The molecule has 0 aliphatic carbocycles. The molecule has 0 saturated carbocycles. The molecule has 0 fully saturated rings. The van der Waals surface area contributed by atoms with Gasteiger partial charge in [0.2, 0.25) is 0 Å². The third kappa shape index (κ3) is 2.38. The zero-order valence-corrected chi connectivity index (χ0v) is 14.2. The van der Waals surface area contributed by atoms with Gasteiger partial charge >= 0.3 is 5.69 Å². The molecule has 3 rings (SSSR count). The molecular formula is C16H20N6O. The van der Waals surface area contributed by atoms with Crippen LogP contribution >= 0.6 is 0 Å². The van der Waals surface area contributed by atoms with Crippen molar-refractivity contribution < 1.29 is 0 Å². The lowest BCUT2D eigenvalue weighted by molar-refractivity contribution is 0.810. The standard InChI is InChI=1S/C16H20N6O/c1-8-7-12(21(5)6)17-9(2)13(8)14-10(3)20-22-15(14)18-11(4)19-16(22)23/h7H,1-6H3,(H,18,19,23). The summed E-state index contributed by atoms with van der Waals surface area (Å²) in [6.45, 7) is 7.66. The number of rotatable bonds is 2. The normalized spacial score (nSPS) is 11.2. The fraction of sp³-hybridized carbons (Fsp3) is 0.375. The van der Waals surface area contributed by atoms with E-state index in [-0.39, 0.29) is 5.69 Å². The molecule has 0 saturated heterocycles. The van der Waals surface area contributed by atoms with E-state index in [1.165, 1.54) is 4.52 Å². The Kier molecular flexibility index (Phi) is 3.43. The van der Waals surface area contributed by atoms with E-state index in [0.717, 1.165) is 33.9 Å². The Morgan fingerprint density at radius 1 is 1.04 bits per heavy atom. The van der Waals surface area contributed by atoms with Crippen molar-refractivity contribution in [1.29, 1.82) is 0 Å². The summed E-state index contributed by atoms with van der Waals surface area (Å²) in [5.74, 6) is 1.47. The topological polar surface area (TPSA) is 79.2 Å². The molecule has 0 radical (unpaired) electrons. The summed E-state index contributed by atoms with van der Waals surface area (Å²) >= 11 is 0. The number of hydrogen-bond donors (Lipinski definition) is 1. The van der Waals surface area contributed by atoms with E-state index >= 15 is 0 Å². The van der Waals surface area contributed by atoms with Gasteiger partial charge in [0.05, 0.1) is 11.3 Å². The van der Waals surface area contributed by atoms with Gasteiger partial charge in [-0.1, -0.05) is 0 Å². The molecule has 0 aromatic carbocycles. The minimum Gasteiger partial charge on any atom is -0.363 e. The summed E-state index contributed by atoms with van der Waals surface area (Å²) in [7, 11) is 3.93. The first kappa shape index (κ1) is 15.2. The predicted octanol–water partition coefficient (Wildman–Crippen LogP) is 1.78. The third-order valence-corrected chi connectivity index (χ3v) is 3.88. The smallest absolute Gasteiger partial charge is 0.349 e. The van der Waals surface area contributed by atoms with Crippen molar-refractivity contribution in [3.63, 3.8) is 0 Å². The lowest BCUT2D eigenvalue weighted by Crippen LogP contribution is -2.19. The van der Waals surface area contributed by atoms with Crippen LogP contribution in [0.25, 0.3) is 16.8 Å². The van der Waals surface area contributed by atoms with E-state index in [2.05, 4.69) is 20.1 Å². The largest absolute Gasteiger partial charge is 0.363 e. The molecule has 0 amide bonds. The van der Waals surface area contributed by atoms with Crippen molar-refractivity contribution in [2.75, 3.05) is 19.0 Å². The van der Waals surface area contributed by atoms with Crippen LogP contribution < -0.4 is 10.6 Å². The van der Waals surface area contributed by atoms with Gasteiger partial charge in [-0.15, -0.1) is 0 Å². The Morgan fingerprint density at radius 3 is 2.35 bits per heavy atom. The third-order valence-electron chi connectivity index (χ3n) is 3.88. The van der Waals surface area contributed by atoms with Gasteiger partial charge in [-0.3, -0.25) is 4.98 Å². The lowest BCUT2D eigenvalue weighted by Gasteiger charge is -2.16. The Labute approximate surface area is 134 Å². The first-order chi connectivity index (χ1) is 10.8. The highest BCUT2D eigenvalue weighted by atomic mass is 16.1. The Hall–Kier alpha value is -2.70. The highest BCUT2D eigenvalue weighted by molar-refractivity contribution is 5.83. The van der Waals surface area contributed by atoms with Crippen molar-refractivity contribution in [2.24, 2.45) is 0 Å². The van der Waals surface area contributed by atoms with Gasteiger partial charge in [0.25, 0.3) is 0 Å². The van der Waals surface area contributed by atoms with Crippen molar-refractivity contribution in [1.82, 2.24) is 24.6 Å². The van der Waals surface area contributed by atoms with E-state index in [1.807, 2.05) is 45.8 Å². The van der Waals surface area contributed by atoms with Crippen molar-refractivity contribution >= 4 is 11.5 Å². The molecule has 23 heavy (non-hydrogen) atoms. The molecule has 0 spiro atoms. The van der Waals surface area contributed by atoms with E-state index in [0.29, 0.717) is 11.5 Å². The minimum atomic E-state index is -0.282. The molecule has 0 aliphatic rings. The summed E-state index contributed by atoms with van der Waals surface area (Å²) in [6.07, 6.45) is 0. The van der Waals surface area contributed by atoms with E-state index in [4.69, 9.17) is 0 Å². The number of nitrogens with zero attached hydrogens (tertiary/aromatic N) is 5. The number of aryl methyl sites for hydroxylation is 4. The van der Waals surface area contributed by atoms with Crippen LogP contribution in [-0.4, -0.2) is 38.7 Å². The van der Waals surface area contributed by atoms with Crippen molar-refractivity contribution in [3.05, 3.63) is 39.3 Å². The van der Waals surface area contributed by atoms with Crippen LogP contribution in [0.1, 0.15) is 22.8 Å². The second-order valence-corrected chi connectivity index (χ2v) is 5.98.